The lowest BCUT2D eigenvalue weighted by Gasteiger charge is -2.34. The molecule has 1 heterocycles. The SMILES string of the molecule is C1CCC2NCCN[C@@H]3CCCC[C@H]3NCCNCCNC2C1. The van der Waals surface area contributed by atoms with Crippen LogP contribution in [0.25, 0.3) is 0 Å². The van der Waals surface area contributed by atoms with Crippen LogP contribution >= 0.6 is 0 Å². The van der Waals surface area contributed by atoms with Crippen molar-refractivity contribution in [1.82, 2.24) is 26.6 Å². The molecule has 5 heteroatoms. The van der Waals surface area contributed by atoms with Gasteiger partial charge < -0.3 is 26.6 Å². The summed E-state index contributed by atoms with van der Waals surface area (Å²) in [5.41, 5.74) is 0. The van der Waals surface area contributed by atoms with E-state index in [-0.39, 0.29) is 0 Å². The van der Waals surface area contributed by atoms with Gasteiger partial charge in [-0.15, -0.1) is 0 Å². The van der Waals surface area contributed by atoms with Crippen LogP contribution in [0.3, 0.4) is 0 Å². The number of fused-ring (bicyclic) bond motifs is 2. The second kappa shape index (κ2) is 9.94. The molecule has 1 saturated heterocycles. The highest BCUT2D eigenvalue weighted by Crippen LogP contribution is 2.19. The molecule has 4 atom stereocenters. The monoisotopic (exact) mass is 323 g/mol. The van der Waals surface area contributed by atoms with E-state index in [0.717, 1.165) is 39.3 Å². The predicted octanol–water partition coefficient (Wildman–Crippen LogP) is 0.570. The quantitative estimate of drug-likeness (QED) is 0.451. The molecule has 0 aromatic carbocycles. The lowest BCUT2D eigenvalue weighted by molar-refractivity contribution is 0.270. The van der Waals surface area contributed by atoms with E-state index < -0.39 is 0 Å². The predicted molar refractivity (Wildman–Crippen MR) is 97.0 cm³/mol. The summed E-state index contributed by atoms with van der Waals surface area (Å²) in [4.78, 5) is 0. The van der Waals surface area contributed by atoms with Gasteiger partial charge in [0.25, 0.3) is 0 Å². The summed E-state index contributed by atoms with van der Waals surface area (Å²) >= 11 is 0. The molecular formula is C18H37N5. The fraction of sp³-hybridized carbons (Fsp3) is 1.00. The van der Waals surface area contributed by atoms with Crippen LogP contribution in [-0.4, -0.2) is 63.4 Å². The van der Waals surface area contributed by atoms with Crippen LogP contribution in [0.2, 0.25) is 0 Å². The van der Waals surface area contributed by atoms with Gasteiger partial charge in [-0.1, -0.05) is 25.7 Å². The minimum atomic E-state index is 0.663. The number of nitrogens with one attached hydrogen (secondary N) is 5. The lowest BCUT2D eigenvalue weighted by atomic mass is 9.90. The van der Waals surface area contributed by atoms with E-state index in [1.165, 1.54) is 51.4 Å². The largest absolute Gasteiger partial charge is 0.314 e. The number of rotatable bonds is 0. The van der Waals surface area contributed by atoms with Crippen molar-refractivity contribution in [3.63, 3.8) is 0 Å². The van der Waals surface area contributed by atoms with Crippen LogP contribution in [0, 0.1) is 0 Å². The van der Waals surface area contributed by atoms with Crippen LogP contribution in [0.1, 0.15) is 51.4 Å². The average molecular weight is 324 g/mol. The van der Waals surface area contributed by atoms with Gasteiger partial charge in [0.05, 0.1) is 0 Å². The lowest BCUT2D eigenvalue weighted by Crippen LogP contribution is -2.54. The zero-order valence-corrected chi connectivity index (χ0v) is 14.7. The molecule has 3 fully saturated rings. The molecule has 1 aliphatic heterocycles. The Bertz CT molecular complexity index is 295. The summed E-state index contributed by atoms with van der Waals surface area (Å²) in [6.07, 6.45) is 10.9. The summed E-state index contributed by atoms with van der Waals surface area (Å²) < 4.78 is 0. The highest BCUT2D eigenvalue weighted by Gasteiger charge is 2.26. The Kier molecular flexibility index (Phi) is 7.62. The van der Waals surface area contributed by atoms with Gasteiger partial charge in [-0.2, -0.15) is 0 Å². The maximum absolute atomic E-state index is 3.82. The highest BCUT2D eigenvalue weighted by atomic mass is 15.1. The summed E-state index contributed by atoms with van der Waals surface area (Å²) in [6, 6.07) is 2.65. The van der Waals surface area contributed by atoms with Gasteiger partial charge in [0.1, 0.15) is 0 Å². The summed E-state index contributed by atoms with van der Waals surface area (Å²) in [5, 5.41) is 18.8. The van der Waals surface area contributed by atoms with Gasteiger partial charge in [-0.25, -0.2) is 0 Å². The third-order valence-electron chi connectivity index (χ3n) is 5.89. The molecule has 0 spiro atoms. The minimum absolute atomic E-state index is 0.663. The fourth-order valence-corrected chi connectivity index (χ4v) is 4.57. The Morgan fingerprint density at radius 1 is 0.391 bits per heavy atom. The zero-order chi connectivity index (χ0) is 15.7. The molecule has 0 aromatic heterocycles. The summed E-state index contributed by atoms with van der Waals surface area (Å²) in [6.45, 7) is 6.55. The molecular weight excluding hydrogens is 286 g/mol. The van der Waals surface area contributed by atoms with Gasteiger partial charge in [0, 0.05) is 63.4 Å². The molecule has 3 aliphatic rings. The standard InChI is InChI=1S/C18H37N5/c1-3-7-17-15(5-1)20-11-9-19-10-12-21-16-6-2-4-8-18(16)23-14-13-22-17/h15-23H,1-14H2/t15-,16?,17-,18?/m1/s1. The van der Waals surface area contributed by atoms with Crippen molar-refractivity contribution in [2.45, 2.75) is 75.5 Å². The average Bonchev–Trinajstić information content (AvgIpc) is 2.60. The van der Waals surface area contributed by atoms with E-state index in [4.69, 9.17) is 0 Å². The molecule has 134 valence electrons. The third-order valence-corrected chi connectivity index (χ3v) is 5.89. The van der Waals surface area contributed by atoms with Crippen LogP contribution in [0.5, 0.6) is 0 Å². The van der Waals surface area contributed by atoms with Crippen LogP contribution in [0.15, 0.2) is 0 Å². The first-order chi connectivity index (χ1) is 11.4. The highest BCUT2D eigenvalue weighted by molar-refractivity contribution is 4.89. The molecule has 2 saturated carbocycles. The number of hydrogen-bond donors (Lipinski definition) is 5. The fourth-order valence-electron chi connectivity index (χ4n) is 4.57. The molecule has 0 aromatic rings. The van der Waals surface area contributed by atoms with E-state index in [9.17, 15) is 0 Å². The van der Waals surface area contributed by atoms with Gasteiger partial charge in [-0.05, 0) is 25.7 Å². The van der Waals surface area contributed by atoms with Gasteiger partial charge in [0.2, 0.25) is 0 Å². The Labute approximate surface area is 142 Å². The van der Waals surface area contributed by atoms with Crippen molar-refractivity contribution in [1.29, 1.82) is 0 Å². The van der Waals surface area contributed by atoms with Crippen molar-refractivity contribution in [3.05, 3.63) is 0 Å². The van der Waals surface area contributed by atoms with E-state index in [1.54, 1.807) is 0 Å². The van der Waals surface area contributed by atoms with Crippen molar-refractivity contribution in [2.75, 3.05) is 39.3 Å². The van der Waals surface area contributed by atoms with Crippen molar-refractivity contribution >= 4 is 0 Å². The van der Waals surface area contributed by atoms with E-state index in [1.807, 2.05) is 0 Å². The van der Waals surface area contributed by atoms with Crippen LogP contribution in [0.4, 0.5) is 0 Å². The van der Waals surface area contributed by atoms with E-state index >= 15 is 0 Å². The third kappa shape index (κ3) is 5.68. The first-order valence-corrected chi connectivity index (χ1v) is 10.1. The smallest absolute Gasteiger partial charge is 0.0221 e. The Morgan fingerprint density at radius 2 is 0.696 bits per heavy atom. The Balaban J connectivity index is 1.51. The normalized spacial score (nSPS) is 38.6. The first-order valence-electron chi connectivity index (χ1n) is 10.1. The molecule has 5 N–H and O–H groups in total. The summed E-state index contributed by atoms with van der Waals surface area (Å²) in [7, 11) is 0. The van der Waals surface area contributed by atoms with E-state index in [0.29, 0.717) is 24.2 Å². The van der Waals surface area contributed by atoms with Crippen molar-refractivity contribution in [3.8, 4) is 0 Å². The van der Waals surface area contributed by atoms with Crippen molar-refractivity contribution in [2.24, 2.45) is 0 Å². The second-order valence-corrected chi connectivity index (χ2v) is 7.56. The molecule has 0 radical (unpaired) electrons. The second-order valence-electron chi connectivity index (χ2n) is 7.56. The van der Waals surface area contributed by atoms with Gasteiger partial charge >= 0.3 is 0 Å². The Morgan fingerprint density at radius 3 is 1.04 bits per heavy atom. The molecule has 5 nitrogen and oxygen atoms in total. The molecule has 3 rings (SSSR count). The van der Waals surface area contributed by atoms with Crippen LogP contribution < -0.4 is 26.6 Å². The molecule has 0 bridgehead atoms. The van der Waals surface area contributed by atoms with E-state index in [2.05, 4.69) is 26.6 Å². The van der Waals surface area contributed by atoms with Crippen molar-refractivity contribution < 1.29 is 0 Å². The minimum Gasteiger partial charge on any atom is -0.314 e. The maximum Gasteiger partial charge on any atom is 0.0221 e. The topological polar surface area (TPSA) is 60.1 Å². The number of hydrogen-bond acceptors (Lipinski definition) is 5. The van der Waals surface area contributed by atoms with Gasteiger partial charge in [0.15, 0.2) is 0 Å². The van der Waals surface area contributed by atoms with Gasteiger partial charge in [-0.3, -0.25) is 0 Å². The first kappa shape index (κ1) is 17.6. The maximum atomic E-state index is 3.82. The Hall–Kier alpha value is -0.200. The zero-order valence-electron chi connectivity index (χ0n) is 14.7. The summed E-state index contributed by atoms with van der Waals surface area (Å²) in [5.74, 6) is 0. The van der Waals surface area contributed by atoms with Crippen LogP contribution in [-0.2, 0) is 0 Å². The molecule has 0 amide bonds. The molecule has 2 unspecified atom stereocenters. The molecule has 2 aliphatic carbocycles. The molecule has 23 heavy (non-hydrogen) atoms.